The summed E-state index contributed by atoms with van der Waals surface area (Å²) < 4.78 is 33.8. The van der Waals surface area contributed by atoms with Crippen LogP contribution in [0.1, 0.15) is 25.5 Å². The van der Waals surface area contributed by atoms with Crippen LogP contribution in [0.5, 0.6) is 0 Å². The molecule has 0 saturated heterocycles. The molecule has 1 aromatic rings. The Bertz CT molecular complexity index is 473. The maximum atomic E-state index is 12.2. The third kappa shape index (κ3) is 4.90. The lowest BCUT2D eigenvalue weighted by Crippen LogP contribution is -2.25. The minimum Gasteiger partial charge on any atom is -0.385 e. The molecule has 2 N–H and O–H groups in total. The van der Waals surface area contributed by atoms with Gasteiger partial charge in [-0.25, -0.2) is 13.1 Å². The van der Waals surface area contributed by atoms with Crippen LogP contribution in [-0.4, -0.2) is 40.3 Å². The first-order valence-corrected chi connectivity index (χ1v) is 8.35. The van der Waals surface area contributed by atoms with Gasteiger partial charge in [-0.15, -0.1) is 0 Å². The topological polar surface area (TPSA) is 72.4 Å². The fourth-order valence-electron chi connectivity index (χ4n) is 1.96. The molecule has 0 unspecified atom stereocenters. The van der Waals surface area contributed by atoms with E-state index in [-0.39, 0.29) is 0 Å². The first-order chi connectivity index (χ1) is 9.55. The molecule has 1 heterocycles. The number of nitrogens with zero attached hydrogens (tertiary/aromatic N) is 1. The van der Waals surface area contributed by atoms with Gasteiger partial charge in [0.1, 0.15) is 0 Å². The molecule has 0 saturated carbocycles. The van der Waals surface area contributed by atoms with Crippen LogP contribution in [0.15, 0.2) is 17.2 Å². The quantitative estimate of drug-likeness (QED) is 0.631. The van der Waals surface area contributed by atoms with Crippen molar-refractivity contribution in [3.8, 4) is 0 Å². The Balaban J connectivity index is 2.80. The summed E-state index contributed by atoms with van der Waals surface area (Å²) in [6.45, 7) is 4.47. The maximum Gasteiger partial charge on any atom is 0.242 e. The van der Waals surface area contributed by atoms with Gasteiger partial charge in [-0.2, -0.15) is 0 Å². The highest BCUT2D eigenvalue weighted by Crippen LogP contribution is 2.15. The van der Waals surface area contributed by atoms with Crippen LogP contribution in [0.2, 0.25) is 0 Å². The molecule has 0 bridgehead atoms. The van der Waals surface area contributed by atoms with Gasteiger partial charge in [0.15, 0.2) is 0 Å². The Morgan fingerprint density at radius 1 is 1.40 bits per heavy atom. The van der Waals surface area contributed by atoms with Crippen molar-refractivity contribution >= 4 is 10.0 Å². The summed E-state index contributed by atoms with van der Waals surface area (Å²) >= 11 is 0. The van der Waals surface area contributed by atoms with Crippen LogP contribution in [-0.2, 0) is 27.8 Å². The number of nitrogens with one attached hydrogen (secondary N) is 2. The van der Waals surface area contributed by atoms with Crippen LogP contribution in [0.4, 0.5) is 0 Å². The van der Waals surface area contributed by atoms with Gasteiger partial charge < -0.3 is 14.6 Å². The minimum atomic E-state index is -3.43. The summed E-state index contributed by atoms with van der Waals surface area (Å²) in [6, 6.07) is 1.73. The van der Waals surface area contributed by atoms with Crippen molar-refractivity contribution in [2.75, 3.05) is 27.3 Å². The Kier molecular flexibility index (Phi) is 7.22. The molecule has 0 aliphatic rings. The van der Waals surface area contributed by atoms with Gasteiger partial charge in [-0.1, -0.05) is 6.92 Å². The zero-order valence-electron chi connectivity index (χ0n) is 12.5. The van der Waals surface area contributed by atoms with E-state index in [1.807, 2.05) is 11.6 Å². The second-order valence-corrected chi connectivity index (χ2v) is 6.40. The fourth-order valence-corrected chi connectivity index (χ4v) is 3.09. The third-order valence-corrected chi connectivity index (χ3v) is 4.34. The Morgan fingerprint density at radius 2 is 2.15 bits per heavy atom. The zero-order chi connectivity index (χ0) is 15.0. The standard InChI is InChI=1S/C13H25N3O3S/c1-4-7-16-11-13(9-12(16)10-14-2)20(17,18)15-6-5-8-19-3/h9,11,14-15H,4-8,10H2,1-3H3. The van der Waals surface area contributed by atoms with Crippen LogP contribution in [0.3, 0.4) is 0 Å². The van der Waals surface area contributed by atoms with Crippen molar-refractivity contribution in [1.29, 1.82) is 0 Å². The van der Waals surface area contributed by atoms with Gasteiger partial charge in [0.2, 0.25) is 10.0 Å². The maximum absolute atomic E-state index is 12.2. The third-order valence-electron chi connectivity index (χ3n) is 2.91. The van der Waals surface area contributed by atoms with Crippen molar-refractivity contribution in [3.63, 3.8) is 0 Å². The molecule has 1 aromatic heterocycles. The molecule has 0 radical (unpaired) electrons. The molecule has 1 rings (SSSR count). The zero-order valence-corrected chi connectivity index (χ0v) is 13.3. The molecule has 0 aliphatic heterocycles. The van der Waals surface area contributed by atoms with Gasteiger partial charge in [-0.05, 0) is 26.0 Å². The van der Waals surface area contributed by atoms with Crippen molar-refractivity contribution in [2.45, 2.75) is 37.8 Å². The summed E-state index contributed by atoms with van der Waals surface area (Å²) in [7, 11) is 0.0151. The molecule has 7 heteroatoms. The normalized spacial score (nSPS) is 11.9. The number of rotatable bonds is 10. The monoisotopic (exact) mass is 303 g/mol. The van der Waals surface area contributed by atoms with Gasteiger partial charge in [-0.3, -0.25) is 0 Å². The lowest BCUT2D eigenvalue weighted by Gasteiger charge is -2.06. The number of hydrogen-bond acceptors (Lipinski definition) is 4. The predicted molar refractivity (Wildman–Crippen MR) is 79.2 cm³/mol. The Labute approximate surface area is 121 Å². The average Bonchev–Trinajstić information content (AvgIpc) is 2.80. The van der Waals surface area contributed by atoms with E-state index in [1.54, 1.807) is 19.4 Å². The van der Waals surface area contributed by atoms with Crippen LogP contribution in [0, 0.1) is 0 Å². The van der Waals surface area contributed by atoms with Crippen LogP contribution < -0.4 is 10.0 Å². The molecule has 0 amide bonds. The SMILES string of the molecule is CCCn1cc(S(=O)(=O)NCCCOC)cc1CNC. The van der Waals surface area contributed by atoms with E-state index in [4.69, 9.17) is 4.74 Å². The first-order valence-electron chi connectivity index (χ1n) is 6.87. The van der Waals surface area contributed by atoms with Gasteiger partial charge in [0, 0.05) is 45.2 Å². The summed E-state index contributed by atoms with van der Waals surface area (Å²) in [4.78, 5) is 0.327. The molecule has 0 atom stereocenters. The number of aromatic nitrogens is 1. The number of sulfonamides is 1. The Hall–Kier alpha value is -0.890. The van der Waals surface area contributed by atoms with Crippen LogP contribution in [0.25, 0.3) is 0 Å². The predicted octanol–water partition coefficient (Wildman–Crippen LogP) is 0.932. The molecule has 0 aliphatic carbocycles. The lowest BCUT2D eigenvalue weighted by atomic mass is 10.4. The summed E-state index contributed by atoms with van der Waals surface area (Å²) in [6.07, 6.45) is 3.33. The van der Waals surface area contributed by atoms with E-state index in [1.165, 1.54) is 0 Å². The number of ether oxygens (including phenoxy) is 1. The lowest BCUT2D eigenvalue weighted by molar-refractivity contribution is 0.196. The molecule has 6 nitrogen and oxygen atoms in total. The molecule has 116 valence electrons. The molecule has 0 aromatic carbocycles. The van der Waals surface area contributed by atoms with E-state index < -0.39 is 10.0 Å². The van der Waals surface area contributed by atoms with Gasteiger partial charge in [0.25, 0.3) is 0 Å². The summed E-state index contributed by atoms with van der Waals surface area (Å²) in [5.74, 6) is 0. The van der Waals surface area contributed by atoms with E-state index in [0.29, 0.717) is 31.0 Å². The fraction of sp³-hybridized carbons (Fsp3) is 0.692. The highest BCUT2D eigenvalue weighted by molar-refractivity contribution is 7.89. The second kappa shape index (κ2) is 8.41. The van der Waals surface area contributed by atoms with E-state index in [0.717, 1.165) is 18.7 Å². The van der Waals surface area contributed by atoms with Crippen LogP contribution >= 0.6 is 0 Å². The van der Waals surface area contributed by atoms with Gasteiger partial charge >= 0.3 is 0 Å². The molecule has 20 heavy (non-hydrogen) atoms. The van der Waals surface area contributed by atoms with Crippen molar-refractivity contribution in [1.82, 2.24) is 14.6 Å². The summed E-state index contributed by atoms with van der Waals surface area (Å²) in [5.41, 5.74) is 0.978. The average molecular weight is 303 g/mol. The number of aryl methyl sites for hydroxylation is 1. The smallest absolute Gasteiger partial charge is 0.242 e. The second-order valence-electron chi connectivity index (χ2n) is 4.63. The van der Waals surface area contributed by atoms with Gasteiger partial charge in [0.05, 0.1) is 4.90 Å². The van der Waals surface area contributed by atoms with Crippen molar-refractivity contribution < 1.29 is 13.2 Å². The first kappa shape index (κ1) is 17.2. The Morgan fingerprint density at radius 3 is 2.75 bits per heavy atom. The molecule has 0 spiro atoms. The number of methoxy groups -OCH3 is 1. The molecular weight excluding hydrogens is 278 g/mol. The summed E-state index contributed by atoms with van der Waals surface area (Å²) in [5, 5.41) is 3.05. The highest BCUT2D eigenvalue weighted by atomic mass is 32.2. The largest absolute Gasteiger partial charge is 0.385 e. The van der Waals surface area contributed by atoms with Crippen molar-refractivity contribution in [3.05, 3.63) is 18.0 Å². The van der Waals surface area contributed by atoms with Crippen molar-refractivity contribution in [2.24, 2.45) is 0 Å². The molecular formula is C13H25N3O3S. The minimum absolute atomic E-state index is 0.327. The molecule has 0 fully saturated rings. The number of hydrogen-bond donors (Lipinski definition) is 2. The van der Waals surface area contributed by atoms with E-state index in [9.17, 15) is 8.42 Å². The highest BCUT2D eigenvalue weighted by Gasteiger charge is 2.17. The van der Waals surface area contributed by atoms with E-state index >= 15 is 0 Å². The van der Waals surface area contributed by atoms with E-state index in [2.05, 4.69) is 17.0 Å².